The summed E-state index contributed by atoms with van der Waals surface area (Å²) in [6.45, 7) is 5.98. The fourth-order valence-electron chi connectivity index (χ4n) is 2.81. The number of amides is 1. The third kappa shape index (κ3) is 3.77. The molecule has 9 heteroatoms. The molecule has 0 atom stereocenters. The summed E-state index contributed by atoms with van der Waals surface area (Å²) in [4.78, 5) is 16.6. The van der Waals surface area contributed by atoms with E-state index in [4.69, 9.17) is 0 Å². The Morgan fingerprint density at radius 2 is 1.93 bits per heavy atom. The second-order valence-electron chi connectivity index (χ2n) is 6.59. The number of nitrogens with one attached hydrogen (secondary N) is 1. The van der Waals surface area contributed by atoms with Crippen molar-refractivity contribution in [2.45, 2.75) is 20.8 Å². The van der Waals surface area contributed by atoms with Crippen LogP contribution in [0.25, 0.3) is 17.2 Å². The van der Waals surface area contributed by atoms with Crippen LogP contribution in [0.4, 0.5) is 9.52 Å². The maximum atomic E-state index is 13.3. The number of halogens is 1. The number of aromatic nitrogens is 5. The second-order valence-corrected chi connectivity index (χ2v) is 7.34. The Bertz CT molecular complexity index is 1220. The molecule has 0 radical (unpaired) electrons. The summed E-state index contributed by atoms with van der Waals surface area (Å²) in [6, 6.07) is 11.5. The van der Waals surface area contributed by atoms with Gasteiger partial charge in [0.05, 0.1) is 11.4 Å². The molecule has 0 aliphatic heterocycles. The highest BCUT2D eigenvalue weighted by atomic mass is 32.1. The lowest BCUT2D eigenvalue weighted by Gasteiger charge is -2.06. The van der Waals surface area contributed by atoms with Gasteiger partial charge in [-0.05, 0) is 62.2 Å². The first-order chi connectivity index (χ1) is 13.9. The number of hydrogen-bond donors (Lipinski definition) is 1. The van der Waals surface area contributed by atoms with Gasteiger partial charge in [-0.2, -0.15) is 9.36 Å². The maximum Gasteiger partial charge on any atom is 0.257 e. The Morgan fingerprint density at radius 1 is 1.10 bits per heavy atom. The third-order valence-corrected chi connectivity index (χ3v) is 5.21. The van der Waals surface area contributed by atoms with Crippen molar-refractivity contribution in [1.82, 2.24) is 24.4 Å². The summed E-state index contributed by atoms with van der Waals surface area (Å²) in [5, 5.41) is 11.4. The van der Waals surface area contributed by atoms with Gasteiger partial charge in [-0.1, -0.05) is 17.3 Å². The molecule has 0 aliphatic rings. The lowest BCUT2D eigenvalue weighted by molar-refractivity contribution is 0.102. The highest BCUT2D eigenvalue weighted by Gasteiger charge is 2.18. The van der Waals surface area contributed by atoms with E-state index in [0.29, 0.717) is 16.6 Å². The highest BCUT2D eigenvalue weighted by molar-refractivity contribution is 7.10. The first-order valence-electron chi connectivity index (χ1n) is 8.83. The smallest absolute Gasteiger partial charge is 0.257 e. The third-order valence-electron chi connectivity index (χ3n) is 4.57. The van der Waals surface area contributed by atoms with E-state index in [9.17, 15) is 9.18 Å². The fraction of sp³-hybridized carbons (Fsp3) is 0.150. The van der Waals surface area contributed by atoms with Gasteiger partial charge in [0.15, 0.2) is 11.5 Å². The number of rotatable bonds is 4. The standard InChI is InChI=1S/C20H17FN6OS/c1-11-7-8-16(9-12(11)2)27-13(3)17(24-26-27)18-22-20(29-25-18)23-19(28)14-5-4-6-15(21)10-14/h4-10H,1-3H3,(H,22,23,25,28). The van der Waals surface area contributed by atoms with Crippen LogP contribution in [0, 0.1) is 26.6 Å². The molecule has 1 amide bonds. The molecule has 2 aromatic carbocycles. The molecule has 0 spiro atoms. The minimum Gasteiger partial charge on any atom is -0.297 e. The van der Waals surface area contributed by atoms with Crippen LogP contribution < -0.4 is 5.32 Å². The first-order valence-corrected chi connectivity index (χ1v) is 9.60. The molecule has 4 rings (SSSR count). The van der Waals surface area contributed by atoms with Gasteiger partial charge in [0, 0.05) is 17.1 Å². The van der Waals surface area contributed by atoms with Gasteiger partial charge in [-0.15, -0.1) is 5.10 Å². The first kappa shape index (κ1) is 18.9. The summed E-state index contributed by atoms with van der Waals surface area (Å²) in [7, 11) is 0. The van der Waals surface area contributed by atoms with Gasteiger partial charge in [0.1, 0.15) is 5.82 Å². The molecule has 2 heterocycles. The van der Waals surface area contributed by atoms with Crippen molar-refractivity contribution in [1.29, 1.82) is 0 Å². The van der Waals surface area contributed by atoms with Crippen molar-refractivity contribution in [2.75, 3.05) is 5.32 Å². The van der Waals surface area contributed by atoms with Crippen LogP contribution >= 0.6 is 11.5 Å². The molecule has 29 heavy (non-hydrogen) atoms. The van der Waals surface area contributed by atoms with Gasteiger partial charge in [-0.25, -0.2) is 9.07 Å². The van der Waals surface area contributed by atoms with Gasteiger partial charge in [-0.3, -0.25) is 10.1 Å². The van der Waals surface area contributed by atoms with E-state index < -0.39 is 11.7 Å². The molecule has 0 unspecified atom stereocenters. The molecule has 146 valence electrons. The number of carbonyl (C=O) groups is 1. The molecular weight excluding hydrogens is 391 g/mol. The van der Waals surface area contributed by atoms with Crippen LogP contribution in [-0.2, 0) is 0 Å². The average Bonchev–Trinajstić information content (AvgIpc) is 3.30. The molecule has 0 aliphatic carbocycles. The predicted octanol–water partition coefficient (Wildman–Crippen LogP) is 4.10. The molecular formula is C20H17FN6OS. The minimum atomic E-state index is -0.478. The van der Waals surface area contributed by atoms with Gasteiger partial charge in [0.2, 0.25) is 5.13 Å². The predicted molar refractivity (Wildman–Crippen MR) is 109 cm³/mol. The van der Waals surface area contributed by atoms with Crippen LogP contribution in [-0.4, -0.2) is 30.3 Å². The molecule has 0 fully saturated rings. The Labute approximate surface area is 170 Å². The van der Waals surface area contributed by atoms with Crippen molar-refractivity contribution in [2.24, 2.45) is 0 Å². The van der Waals surface area contributed by atoms with E-state index >= 15 is 0 Å². The summed E-state index contributed by atoms with van der Waals surface area (Å²) in [6.07, 6.45) is 0. The van der Waals surface area contributed by atoms with Crippen LogP contribution in [0.3, 0.4) is 0 Å². The molecule has 2 aromatic heterocycles. The summed E-state index contributed by atoms with van der Waals surface area (Å²) in [5.74, 6) is -0.561. The van der Waals surface area contributed by atoms with Crippen molar-refractivity contribution >= 4 is 22.6 Å². The van der Waals surface area contributed by atoms with E-state index in [1.165, 1.54) is 23.8 Å². The molecule has 1 N–H and O–H groups in total. The number of hydrogen-bond acceptors (Lipinski definition) is 6. The van der Waals surface area contributed by atoms with Crippen molar-refractivity contribution in [3.05, 3.63) is 70.7 Å². The molecule has 7 nitrogen and oxygen atoms in total. The van der Waals surface area contributed by atoms with Crippen molar-refractivity contribution in [3.8, 4) is 17.2 Å². The Kier molecular flexibility index (Phi) is 4.89. The largest absolute Gasteiger partial charge is 0.297 e. The van der Waals surface area contributed by atoms with Crippen LogP contribution in [0.15, 0.2) is 42.5 Å². The lowest BCUT2D eigenvalue weighted by atomic mass is 10.1. The van der Waals surface area contributed by atoms with E-state index in [2.05, 4.69) is 31.9 Å². The zero-order valence-corrected chi connectivity index (χ0v) is 16.8. The molecule has 0 saturated heterocycles. The summed E-state index contributed by atoms with van der Waals surface area (Å²) in [5.41, 5.74) is 4.79. The molecule has 4 aromatic rings. The van der Waals surface area contributed by atoms with E-state index in [1.54, 1.807) is 4.68 Å². The van der Waals surface area contributed by atoms with Gasteiger partial charge < -0.3 is 0 Å². The quantitative estimate of drug-likeness (QED) is 0.549. The average molecular weight is 408 g/mol. The van der Waals surface area contributed by atoms with Gasteiger partial charge in [0.25, 0.3) is 5.91 Å². The SMILES string of the molecule is Cc1ccc(-n2nnc(-c3nsc(NC(=O)c4cccc(F)c4)n3)c2C)cc1C. The number of anilines is 1. The van der Waals surface area contributed by atoms with Gasteiger partial charge >= 0.3 is 0 Å². The number of carbonyl (C=O) groups excluding carboxylic acids is 1. The topological polar surface area (TPSA) is 85.6 Å². The summed E-state index contributed by atoms with van der Waals surface area (Å²) >= 11 is 1.03. The zero-order chi connectivity index (χ0) is 20.5. The fourth-order valence-corrected chi connectivity index (χ4v) is 3.37. The monoisotopic (exact) mass is 408 g/mol. The Morgan fingerprint density at radius 3 is 2.69 bits per heavy atom. The maximum absolute atomic E-state index is 13.3. The van der Waals surface area contributed by atoms with Crippen molar-refractivity contribution in [3.63, 3.8) is 0 Å². The van der Waals surface area contributed by atoms with E-state index in [0.717, 1.165) is 34.5 Å². The Hall–Kier alpha value is -3.46. The normalized spacial score (nSPS) is 10.9. The van der Waals surface area contributed by atoms with Crippen molar-refractivity contribution < 1.29 is 9.18 Å². The molecule has 0 bridgehead atoms. The summed E-state index contributed by atoms with van der Waals surface area (Å²) < 4.78 is 19.3. The van der Waals surface area contributed by atoms with Crippen LogP contribution in [0.1, 0.15) is 27.2 Å². The Balaban J connectivity index is 1.58. The molecule has 0 saturated carbocycles. The number of aryl methyl sites for hydroxylation is 2. The highest BCUT2D eigenvalue weighted by Crippen LogP contribution is 2.24. The second kappa shape index (κ2) is 7.51. The van der Waals surface area contributed by atoms with E-state index in [-0.39, 0.29) is 5.56 Å². The van der Waals surface area contributed by atoms with Crippen LogP contribution in [0.5, 0.6) is 0 Å². The van der Waals surface area contributed by atoms with Crippen LogP contribution in [0.2, 0.25) is 0 Å². The number of nitrogens with zero attached hydrogens (tertiary/aromatic N) is 5. The number of benzene rings is 2. The zero-order valence-electron chi connectivity index (χ0n) is 16.0. The van der Waals surface area contributed by atoms with E-state index in [1.807, 2.05) is 32.0 Å². The minimum absolute atomic E-state index is 0.207. The lowest BCUT2D eigenvalue weighted by Crippen LogP contribution is -2.11.